The SMILES string of the molecule is CC(C)(C)N.CC=CC=CC(=O)N1CCc2ccc(OCCc3nc(-c4ccc(N(C)C)cc4)oc3C)cc2C1C(=O)O. The second-order valence-corrected chi connectivity index (χ2v) is 11.7. The average Bonchev–Trinajstić information content (AvgIpc) is 3.31. The van der Waals surface area contributed by atoms with Crippen LogP contribution in [-0.4, -0.2) is 59.7 Å². The maximum absolute atomic E-state index is 12.7. The second kappa shape index (κ2) is 14.7. The molecular weight excluding hydrogens is 544 g/mol. The Labute approximate surface area is 254 Å². The highest BCUT2D eigenvalue weighted by atomic mass is 16.5. The van der Waals surface area contributed by atoms with E-state index in [2.05, 4.69) is 4.98 Å². The fraction of sp³-hybridized carbons (Fsp3) is 0.382. The molecule has 2 aromatic carbocycles. The first-order valence-electron chi connectivity index (χ1n) is 14.4. The summed E-state index contributed by atoms with van der Waals surface area (Å²) >= 11 is 0. The van der Waals surface area contributed by atoms with Gasteiger partial charge in [-0.05, 0) is 88.6 Å². The number of carboxylic acid groups (broad SMARTS) is 1. The van der Waals surface area contributed by atoms with E-state index < -0.39 is 12.0 Å². The van der Waals surface area contributed by atoms with Gasteiger partial charge in [0.25, 0.3) is 0 Å². The van der Waals surface area contributed by atoms with Gasteiger partial charge in [0.15, 0.2) is 6.04 Å². The number of carbonyl (C=O) groups excluding carboxylic acids is 1. The number of rotatable bonds is 9. The van der Waals surface area contributed by atoms with Crippen LogP contribution in [0.25, 0.3) is 11.5 Å². The molecule has 43 heavy (non-hydrogen) atoms. The van der Waals surface area contributed by atoms with Gasteiger partial charge in [-0.1, -0.05) is 24.3 Å². The molecule has 230 valence electrons. The summed E-state index contributed by atoms with van der Waals surface area (Å²) in [4.78, 5) is 33.0. The molecule has 1 aliphatic heterocycles. The molecule has 4 rings (SSSR count). The molecule has 0 radical (unpaired) electrons. The summed E-state index contributed by atoms with van der Waals surface area (Å²) in [7, 11) is 3.98. The number of hydrogen-bond acceptors (Lipinski definition) is 7. The summed E-state index contributed by atoms with van der Waals surface area (Å²) in [5, 5.41) is 9.97. The zero-order valence-electron chi connectivity index (χ0n) is 26.3. The van der Waals surface area contributed by atoms with E-state index in [1.165, 1.54) is 11.0 Å². The number of nitrogens with zero attached hydrogens (tertiary/aromatic N) is 3. The van der Waals surface area contributed by atoms with Gasteiger partial charge >= 0.3 is 5.97 Å². The van der Waals surface area contributed by atoms with E-state index in [1.807, 2.05) is 90.0 Å². The minimum atomic E-state index is -1.07. The molecule has 0 saturated carbocycles. The summed E-state index contributed by atoms with van der Waals surface area (Å²) in [6.07, 6.45) is 7.66. The van der Waals surface area contributed by atoms with Crippen LogP contribution in [0.1, 0.15) is 56.3 Å². The van der Waals surface area contributed by atoms with Crippen molar-refractivity contribution in [1.29, 1.82) is 0 Å². The third-order valence-electron chi connectivity index (χ3n) is 6.54. The number of allylic oxidation sites excluding steroid dienone is 3. The maximum Gasteiger partial charge on any atom is 0.331 e. The van der Waals surface area contributed by atoms with Crippen LogP contribution in [0.3, 0.4) is 0 Å². The lowest BCUT2D eigenvalue weighted by molar-refractivity contribution is -0.149. The first-order chi connectivity index (χ1) is 20.3. The standard InChI is InChI=1S/C30H33N3O5.C4H11N/c1-5-6-7-8-27(34)33-17-15-21-11-14-24(19-25(21)28(33)30(35)36)37-18-16-26-20(2)38-29(31-26)22-9-12-23(13-10-22)32(3)4;1-4(2,3)5/h5-14,19,28H,15-18H2,1-4H3,(H,35,36);5H2,1-3H3. The lowest BCUT2D eigenvalue weighted by atomic mass is 9.92. The highest BCUT2D eigenvalue weighted by molar-refractivity contribution is 5.92. The van der Waals surface area contributed by atoms with Crippen molar-refractivity contribution in [2.75, 3.05) is 32.1 Å². The number of nitrogens with two attached hydrogens (primary N) is 1. The van der Waals surface area contributed by atoms with E-state index in [9.17, 15) is 14.7 Å². The smallest absolute Gasteiger partial charge is 0.331 e. The molecule has 2 heterocycles. The predicted molar refractivity (Wildman–Crippen MR) is 170 cm³/mol. The van der Waals surface area contributed by atoms with E-state index >= 15 is 0 Å². The molecule has 1 aromatic heterocycles. The minimum absolute atomic E-state index is 0. The van der Waals surface area contributed by atoms with Crippen molar-refractivity contribution < 1.29 is 23.8 Å². The fourth-order valence-electron chi connectivity index (χ4n) is 4.48. The van der Waals surface area contributed by atoms with Crippen molar-refractivity contribution in [1.82, 2.24) is 9.88 Å². The van der Waals surface area contributed by atoms with Gasteiger partial charge in [0.05, 0.1) is 12.3 Å². The van der Waals surface area contributed by atoms with Gasteiger partial charge in [-0.25, -0.2) is 9.78 Å². The summed E-state index contributed by atoms with van der Waals surface area (Å²) in [6, 6.07) is 12.4. The minimum Gasteiger partial charge on any atom is -0.493 e. The van der Waals surface area contributed by atoms with Crippen molar-refractivity contribution >= 4 is 17.6 Å². The van der Waals surface area contributed by atoms with Gasteiger partial charge in [-0.15, -0.1) is 0 Å². The number of aromatic nitrogens is 1. The molecule has 1 aliphatic rings. The number of anilines is 1. The van der Waals surface area contributed by atoms with Gasteiger partial charge < -0.3 is 29.8 Å². The van der Waals surface area contributed by atoms with E-state index in [0.29, 0.717) is 43.2 Å². The van der Waals surface area contributed by atoms with E-state index in [-0.39, 0.29) is 11.4 Å². The van der Waals surface area contributed by atoms with Crippen LogP contribution in [0.4, 0.5) is 5.69 Å². The zero-order chi connectivity index (χ0) is 31.7. The van der Waals surface area contributed by atoms with Crippen LogP contribution in [0.2, 0.25) is 0 Å². The number of aryl methyl sites for hydroxylation is 1. The Morgan fingerprint density at radius 3 is 2.44 bits per heavy atom. The van der Waals surface area contributed by atoms with Crippen molar-refractivity contribution in [2.24, 2.45) is 5.73 Å². The van der Waals surface area contributed by atoms with Crippen LogP contribution in [-0.2, 0) is 22.4 Å². The molecule has 9 nitrogen and oxygen atoms in total. The Morgan fingerprint density at radius 2 is 1.84 bits per heavy atom. The monoisotopic (exact) mass is 588 g/mol. The van der Waals surface area contributed by atoms with Gasteiger partial charge in [0.2, 0.25) is 11.8 Å². The van der Waals surface area contributed by atoms with E-state index in [4.69, 9.17) is 14.9 Å². The number of hydrogen-bond donors (Lipinski definition) is 2. The van der Waals surface area contributed by atoms with Crippen molar-refractivity contribution in [3.05, 3.63) is 89.3 Å². The van der Waals surface area contributed by atoms with Gasteiger partial charge in [0, 0.05) is 49.9 Å². The topological polar surface area (TPSA) is 122 Å². The third-order valence-corrected chi connectivity index (χ3v) is 6.54. The Bertz CT molecular complexity index is 1440. The normalized spacial score (nSPS) is 14.8. The molecule has 0 aliphatic carbocycles. The van der Waals surface area contributed by atoms with Gasteiger partial charge in [0.1, 0.15) is 11.5 Å². The number of fused-ring (bicyclic) bond motifs is 1. The molecule has 0 fully saturated rings. The molecule has 0 saturated heterocycles. The molecule has 9 heteroatoms. The lowest BCUT2D eigenvalue weighted by Gasteiger charge is -2.34. The van der Waals surface area contributed by atoms with Gasteiger partial charge in [-0.3, -0.25) is 4.79 Å². The highest BCUT2D eigenvalue weighted by Gasteiger charge is 2.35. The second-order valence-electron chi connectivity index (χ2n) is 11.7. The van der Waals surface area contributed by atoms with Crippen molar-refractivity contribution in [3.8, 4) is 17.2 Å². The number of aliphatic carboxylic acids is 1. The molecule has 3 aromatic rings. The van der Waals surface area contributed by atoms with Crippen molar-refractivity contribution in [3.63, 3.8) is 0 Å². The molecule has 0 bridgehead atoms. The number of amides is 1. The Balaban J connectivity index is 0.000000934. The molecule has 1 unspecified atom stereocenters. The fourth-order valence-corrected chi connectivity index (χ4v) is 4.48. The number of carboxylic acids is 1. The molecule has 1 amide bonds. The van der Waals surface area contributed by atoms with Crippen LogP contribution in [0, 0.1) is 6.92 Å². The summed E-state index contributed by atoms with van der Waals surface area (Å²) in [5.74, 6) is 0.446. The number of oxazole rings is 1. The summed E-state index contributed by atoms with van der Waals surface area (Å²) in [6.45, 7) is 10.3. The average molecular weight is 589 g/mol. The van der Waals surface area contributed by atoms with Crippen LogP contribution in [0.5, 0.6) is 5.75 Å². The Morgan fingerprint density at radius 1 is 1.16 bits per heavy atom. The largest absolute Gasteiger partial charge is 0.493 e. The van der Waals surface area contributed by atoms with Crippen LogP contribution < -0.4 is 15.4 Å². The number of carbonyl (C=O) groups is 2. The molecule has 3 N–H and O–H groups in total. The first kappa shape index (κ1) is 33.1. The lowest BCUT2D eigenvalue weighted by Crippen LogP contribution is -2.42. The number of benzene rings is 2. The Hall–Kier alpha value is -4.37. The van der Waals surface area contributed by atoms with Gasteiger partial charge in [-0.2, -0.15) is 0 Å². The summed E-state index contributed by atoms with van der Waals surface area (Å²) in [5.41, 5.74) is 9.65. The van der Waals surface area contributed by atoms with Crippen molar-refractivity contribution in [2.45, 2.75) is 59.0 Å². The highest BCUT2D eigenvalue weighted by Crippen LogP contribution is 2.33. The van der Waals surface area contributed by atoms with Crippen LogP contribution in [0.15, 0.2) is 71.2 Å². The van der Waals surface area contributed by atoms with Crippen LogP contribution >= 0.6 is 0 Å². The van der Waals surface area contributed by atoms with E-state index in [0.717, 1.165) is 28.3 Å². The molecular formula is C34H44N4O5. The van der Waals surface area contributed by atoms with E-state index in [1.54, 1.807) is 24.3 Å². The first-order valence-corrected chi connectivity index (χ1v) is 14.4. The zero-order valence-corrected chi connectivity index (χ0v) is 26.3. The number of ether oxygens (including phenoxy) is 1. The maximum atomic E-state index is 12.7. The quantitative estimate of drug-likeness (QED) is 0.240. The third kappa shape index (κ3) is 9.58. The Kier molecular flexibility index (Phi) is 11.3. The predicted octanol–water partition coefficient (Wildman–Crippen LogP) is 5.72. The molecule has 1 atom stereocenters. The molecule has 0 spiro atoms. The summed E-state index contributed by atoms with van der Waals surface area (Å²) < 4.78 is 11.9.